The Kier molecular flexibility index (Phi) is 2.83. The number of halogens is 1. The van der Waals surface area contributed by atoms with Crippen molar-refractivity contribution in [1.82, 2.24) is 9.97 Å². The fourth-order valence-corrected chi connectivity index (χ4v) is 1.42. The Labute approximate surface area is 93.1 Å². The maximum Gasteiger partial charge on any atom is 0.148 e. The summed E-state index contributed by atoms with van der Waals surface area (Å²) in [5, 5.41) is 3.82. The van der Waals surface area contributed by atoms with Crippen molar-refractivity contribution in [3.63, 3.8) is 0 Å². The van der Waals surface area contributed by atoms with E-state index in [1.54, 1.807) is 18.6 Å². The zero-order chi connectivity index (χ0) is 10.7. The number of rotatable bonds is 2. The lowest BCUT2D eigenvalue weighted by Crippen LogP contribution is -1.95. The van der Waals surface area contributed by atoms with Gasteiger partial charge in [-0.15, -0.1) is 0 Å². The van der Waals surface area contributed by atoms with E-state index in [0.29, 0.717) is 10.8 Å². The highest BCUT2D eigenvalue weighted by Crippen LogP contribution is 2.26. The maximum absolute atomic E-state index is 6.13. The highest BCUT2D eigenvalue weighted by molar-refractivity contribution is 6.34. The SMILES string of the molecule is Cc1cccc(Nc2cnccn2)c1Cl. The normalized spacial score (nSPS) is 10.0. The maximum atomic E-state index is 6.13. The first-order valence-electron chi connectivity index (χ1n) is 4.55. The predicted molar refractivity (Wildman–Crippen MR) is 61.5 cm³/mol. The molecule has 0 saturated heterocycles. The molecule has 15 heavy (non-hydrogen) atoms. The molecule has 1 heterocycles. The van der Waals surface area contributed by atoms with Gasteiger partial charge in [-0.25, -0.2) is 4.98 Å². The summed E-state index contributed by atoms with van der Waals surface area (Å²) in [5.41, 5.74) is 1.88. The van der Waals surface area contributed by atoms with Gasteiger partial charge in [0.25, 0.3) is 0 Å². The zero-order valence-electron chi connectivity index (χ0n) is 8.24. The van der Waals surface area contributed by atoms with E-state index >= 15 is 0 Å². The molecule has 4 heteroatoms. The van der Waals surface area contributed by atoms with Crippen molar-refractivity contribution in [1.29, 1.82) is 0 Å². The minimum absolute atomic E-state index is 0.685. The van der Waals surface area contributed by atoms with Crippen LogP contribution in [0.5, 0.6) is 0 Å². The molecule has 0 amide bonds. The van der Waals surface area contributed by atoms with Crippen molar-refractivity contribution >= 4 is 23.1 Å². The molecule has 0 atom stereocenters. The molecule has 76 valence electrons. The summed E-state index contributed by atoms with van der Waals surface area (Å²) < 4.78 is 0. The largest absolute Gasteiger partial charge is 0.338 e. The lowest BCUT2D eigenvalue weighted by atomic mass is 10.2. The number of aryl methyl sites for hydroxylation is 1. The van der Waals surface area contributed by atoms with Gasteiger partial charge in [-0.05, 0) is 18.6 Å². The van der Waals surface area contributed by atoms with Gasteiger partial charge in [0.05, 0.1) is 16.9 Å². The Morgan fingerprint density at radius 3 is 2.87 bits per heavy atom. The van der Waals surface area contributed by atoms with Gasteiger partial charge < -0.3 is 5.32 Å². The number of hydrogen-bond donors (Lipinski definition) is 1. The molecule has 0 saturated carbocycles. The average Bonchev–Trinajstić information content (AvgIpc) is 2.26. The first kappa shape index (κ1) is 9.93. The Bertz CT molecular complexity index is 457. The lowest BCUT2D eigenvalue weighted by Gasteiger charge is -2.08. The third kappa shape index (κ3) is 2.25. The number of hydrogen-bond acceptors (Lipinski definition) is 3. The van der Waals surface area contributed by atoms with E-state index in [-0.39, 0.29) is 0 Å². The molecular weight excluding hydrogens is 210 g/mol. The number of nitrogens with one attached hydrogen (secondary N) is 1. The van der Waals surface area contributed by atoms with Gasteiger partial charge in [0.2, 0.25) is 0 Å². The quantitative estimate of drug-likeness (QED) is 0.843. The van der Waals surface area contributed by atoms with Gasteiger partial charge >= 0.3 is 0 Å². The fraction of sp³-hybridized carbons (Fsp3) is 0.0909. The van der Waals surface area contributed by atoms with Crippen molar-refractivity contribution in [2.24, 2.45) is 0 Å². The summed E-state index contributed by atoms with van der Waals surface area (Å²) in [6.07, 6.45) is 4.91. The van der Waals surface area contributed by atoms with E-state index in [2.05, 4.69) is 15.3 Å². The van der Waals surface area contributed by atoms with Gasteiger partial charge in [0.15, 0.2) is 0 Å². The van der Waals surface area contributed by atoms with Gasteiger partial charge in [0, 0.05) is 12.4 Å². The molecule has 0 aliphatic carbocycles. The highest BCUT2D eigenvalue weighted by atomic mass is 35.5. The van der Waals surface area contributed by atoms with Crippen LogP contribution in [-0.2, 0) is 0 Å². The Hall–Kier alpha value is -1.61. The van der Waals surface area contributed by atoms with Crippen LogP contribution in [-0.4, -0.2) is 9.97 Å². The smallest absolute Gasteiger partial charge is 0.148 e. The number of benzene rings is 1. The van der Waals surface area contributed by atoms with E-state index in [1.165, 1.54) is 0 Å². The molecule has 0 spiro atoms. The second-order valence-corrected chi connectivity index (χ2v) is 3.53. The third-order valence-electron chi connectivity index (χ3n) is 2.02. The van der Waals surface area contributed by atoms with Crippen molar-refractivity contribution < 1.29 is 0 Å². The van der Waals surface area contributed by atoms with Crippen molar-refractivity contribution in [3.05, 3.63) is 47.4 Å². The second kappa shape index (κ2) is 4.28. The minimum atomic E-state index is 0.685. The van der Waals surface area contributed by atoms with Crippen LogP contribution >= 0.6 is 11.6 Å². The second-order valence-electron chi connectivity index (χ2n) is 3.15. The molecule has 0 bridgehead atoms. The van der Waals surface area contributed by atoms with Gasteiger partial charge in [0.1, 0.15) is 5.82 Å². The Balaban J connectivity index is 2.29. The molecule has 1 aromatic carbocycles. The van der Waals surface area contributed by atoms with Crippen molar-refractivity contribution in [2.75, 3.05) is 5.32 Å². The molecule has 0 radical (unpaired) electrons. The summed E-state index contributed by atoms with van der Waals surface area (Å²) in [6.45, 7) is 1.96. The Morgan fingerprint density at radius 1 is 1.27 bits per heavy atom. The summed E-state index contributed by atoms with van der Waals surface area (Å²) in [5.74, 6) is 0.685. The van der Waals surface area contributed by atoms with Crippen LogP contribution in [0.1, 0.15) is 5.56 Å². The molecule has 2 rings (SSSR count). The van der Waals surface area contributed by atoms with Gasteiger partial charge in [-0.2, -0.15) is 0 Å². The fourth-order valence-electron chi connectivity index (χ4n) is 1.25. The lowest BCUT2D eigenvalue weighted by molar-refractivity contribution is 1.20. The van der Waals surface area contributed by atoms with Crippen LogP contribution in [0.4, 0.5) is 11.5 Å². The first-order valence-corrected chi connectivity index (χ1v) is 4.93. The molecule has 0 unspecified atom stereocenters. The molecular formula is C11H10ClN3. The average molecular weight is 220 g/mol. The van der Waals surface area contributed by atoms with Crippen LogP contribution in [0.3, 0.4) is 0 Å². The van der Waals surface area contributed by atoms with Crippen LogP contribution in [0.15, 0.2) is 36.8 Å². The molecule has 2 aromatic rings. The third-order valence-corrected chi connectivity index (χ3v) is 2.52. The molecule has 1 N–H and O–H groups in total. The van der Waals surface area contributed by atoms with Crippen LogP contribution in [0.2, 0.25) is 5.02 Å². The van der Waals surface area contributed by atoms with E-state index in [1.807, 2.05) is 25.1 Å². The van der Waals surface area contributed by atoms with Gasteiger partial charge in [-0.3, -0.25) is 4.98 Å². The standard InChI is InChI=1S/C11H10ClN3/c1-8-3-2-4-9(11(8)12)15-10-7-13-5-6-14-10/h2-7H,1H3,(H,14,15). The summed E-state index contributed by atoms with van der Waals surface area (Å²) in [4.78, 5) is 8.08. The number of aromatic nitrogens is 2. The molecule has 0 aliphatic heterocycles. The van der Waals surface area contributed by atoms with E-state index < -0.39 is 0 Å². The highest BCUT2D eigenvalue weighted by Gasteiger charge is 2.02. The minimum Gasteiger partial charge on any atom is -0.338 e. The summed E-state index contributed by atoms with van der Waals surface area (Å²) in [7, 11) is 0. The van der Waals surface area contributed by atoms with Crippen LogP contribution < -0.4 is 5.32 Å². The number of nitrogens with zero attached hydrogens (tertiary/aromatic N) is 2. The molecule has 0 aliphatic rings. The first-order chi connectivity index (χ1) is 7.27. The van der Waals surface area contributed by atoms with Crippen LogP contribution in [0.25, 0.3) is 0 Å². The molecule has 3 nitrogen and oxygen atoms in total. The van der Waals surface area contributed by atoms with Crippen molar-refractivity contribution in [3.8, 4) is 0 Å². The van der Waals surface area contributed by atoms with Crippen molar-refractivity contribution in [2.45, 2.75) is 6.92 Å². The summed E-state index contributed by atoms with van der Waals surface area (Å²) in [6, 6.07) is 5.81. The van der Waals surface area contributed by atoms with E-state index in [0.717, 1.165) is 11.3 Å². The van der Waals surface area contributed by atoms with E-state index in [9.17, 15) is 0 Å². The summed E-state index contributed by atoms with van der Waals surface area (Å²) >= 11 is 6.13. The monoisotopic (exact) mass is 219 g/mol. The molecule has 1 aromatic heterocycles. The number of anilines is 2. The van der Waals surface area contributed by atoms with E-state index in [4.69, 9.17) is 11.6 Å². The Morgan fingerprint density at radius 2 is 2.13 bits per heavy atom. The van der Waals surface area contributed by atoms with Crippen LogP contribution in [0, 0.1) is 6.92 Å². The zero-order valence-corrected chi connectivity index (χ0v) is 8.99. The van der Waals surface area contributed by atoms with Gasteiger partial charge in [-0.1, -0.05) is 23.7 Å². The predicted octanol–water partition coefficient (Wildman–Crippen LogP) is 3.18. The molecule has 0 fully saturated rings. The topological polar surface area (TPSA) is 37.8 Å².